The first-order chi connectivity index (χ1) is 15.3. The second kappa shape index (κ2) is 10.6. The molecule has 1 aromatic carbocycles. The van der Waals surface area contributed by atoms with E-state index in [1.54, 1.807) is 30.3 Å². The molecule has 1 saturated carbocycles. The molecule has 0 unspecified atom stereocenters. The van der Waals surface area contributed by atoms with Gasteiger partial charge in [-0.2, -0.15) is 0 Å². The van der Waals surface area contributed by atoms with Gasteiger partial charge in [0.15, 0.2) is 5.60 Å². The number of aliphatic hydroxyl groups is 1. The normalized spacial score (nSPS) is 20.0. The topological polar surface area (TPSA) is 55.3 Å². The van der Waals surface area contributed by atoms with E-state index in [0.717, 1.165) is 25.2 Å². The van der Waals surface area contributed by atoms with Crippen LogP contribution in [0.3, 0.4) is 0 Å². The highest BCUT2D eigenvalue weighted by Gasteiger charge is 2.52. The van der Waals surface area contributed by atoms with Crippen molar-refractivity contribution in [2.75, 3.05) is 6.61 Å². The van der Waals surface area contributed by atoms with Crippen LogP contribution >= 0.6 is 0 Å². The summed E-state index contributed by atoms with van der Waals surface area (Å²) in [6, 6.07) is 8.34. The number of imidazole rings is 1. The predicted octanol–water partition coefficient (Wildman–Crippen LogP) is 4.53. The lowest BCUT2D eigenvalue weighted by Gasteiger charge is -2.39. The van der Waals surface area contributed by atoms with E-state index in [9.17, 15) is 18.7 Å². The summed E-state index contributed by atoms with van der Waals surface area (Å²) in [4.78, 5) is 13.1. The number of carbonyl (C=O) groups excluding carboxylic acids is 1. The van der Waals surface area contributed by atoms with Gasteiger partial charge in [0.2, 0.25) is 5.92 Å². The summed E-state index contributed by atoms with van der Waals surface area (Å²) in [5.74, 6) is -3.58. The highest BCUT2D eigenvalue weighted by Crippen LogP contribution is 2.45. The molecule has 1 aromatic heterocycles. The Hall–Kier alpha value is -2.28. The molecule has 0 aliphatic heterocycles. The molecule has 7 heteroatoms. The Morgan fingerprint density at radius 2 is 2.06 bits per heavy atom. The summed E-state index contributed by atoms with van der Waals surface area (Å²) in [5, 5.41) is 11.5. The van der Waals surface area contributed by atoms with Crippen LogP contribution in [0.15, 0.2) is 42.7 Å². The van der Waals surface area contributed by atoms with Gasteiger partial charge in [0.1, 0.15) is 25.5 Å². The molecule has 2 aromatic rings. The lowest BCUT2D eigenvalue weighted by molar-refractivity contribution is -0.702. The molecule has 1 aliphatic carbocycles. The highest BCUT2D eigenvalue weighted by atomic mass is 19.3. The van der Waals surface area contributed by atoms with Gasteiger partial charge in [-0.3, -0.25) is 0 Å². The van der Waals surface area contributed by atoms with Crippen molar-refractivity contribution < 1.29 is 28.0 Å². The largest absolute Gasteiger partial charge is 0.459 e. The maximum absolute atomic E-state index is 14.1. The smallest absolute Gasteiger partial charge is 0.343 e. The van der Waals surface area contributed by atoms with Crippen molar-refractivity contribution in [3.8, 4) is 0 Å². The summed E-state index contributed by atoms with van der Waals surface area (Å²) < 4.78 is 37.9. The van der Waals surface area contributed by atoms with E-state index in [4.69, 9.17) is 4.74 Å². The minimum atomic E-state index is -2.89. The molecule has 0 amide bonds. The number of benzene rings is 1. The van der Waals surface area contributed by atoms with Crippen molar-refractivity contribution in [1.82, 2.24) is 4.57 Å². The number of esters is 1. The quantitative estimate of drug-likeness (QED) is 0.329. The summed E-state index contributed by atoms with van der Waals surface area (Å²) in [7, 11) is 0. The van der Waals surface area contributed by atoms with E-state index in [-0.39, 0.29) is 19.4 Å². The van der Waals surface area contributed by atoms with Gasteiger partial charge >= 0.3 is 5.97 Å². The number of unbranched alkanes of at least 4 members (excludes halogenated alkanes) is 2. The molecule has 32 heavy (non-hydrogen) atoms. The standard InChI is InChI=1S/C25H35F2N2O3/c1-3-4-8-14-28-15-16-29(20(28)2)17-18-32-23(30)25(31,21-10-6-5-7-11-21)22-12-9-13-24(26,27)19-22/h5-7,10-11,15-16,22,31H,3-4,8-9,12-14,17-19H2,1-2H3/q+1/t22-,25-/m0/s1. The van der Waals surface area contributed by atoms with Crippen molar-refractivity contribution in [2.24, 2.45) is 5.92 Å². The van der Waals surface area contributed by atoms with Crippen molar-refractivity contribution in [1.29, 1.82) is 0 Å². The van der Waals surface area contributed by atoms with E-state index in [0.29, 0.717) is 18.5 Å². The molecular formula is C25H35F2N2O3+. The average molecular weight is 450 g/mol. The number of hydrogen-bond donors (Lipinski definition) is 1. The Kier molecular flexibility index (Phi) is 8.04. The van der Waals surface area contributed by atoms with Gasteiger partial charge in [-0.15, -0.1) is 0 Å². The van der Waals surface area contributed by atoms with E-state index in [1.165, 1.54) is 6.42 Å². The van der Waals surface area contributed by atoms with E-state index >= 15 is 0 Å². The Bertz CT molecular complexity index is 885. The second-order valence-electron chi connectivity index (χ2n) is 8.86. The summed E-state index contributed by atoms with van der Waals surface area (Å²) in [5.41, 5.74) is -1.78. The van der Waals surface area contributed by atoms with Gasteiger partial charge < -0.3 is 9.84 Å². The lowest BCUT2D eigenvalue weighted by Crippen LogP contribution is -2.48. The molecule has 2 atom stereocenters. The first kappa shape index (κ1) is 24.4. The number of aryl methyl sites for hydroxylation is 1. The number of hydrogen-bond acceptors (Lipinski definition) is 3. The maximum atomic E-state index is 14.1. The van der Waals surface area contributed by atoms with Gasteiger partial charge in [0.25, 0.3) is 5.82 Å². The monoisotopic (exact) mass is 449 g/mol. The Labute approximate surface area is 189 Å². The average Bonchev–Trinajstić information content (AvgIpc) is 3.12. The van der Waals surface area contributed by atoms with Crippen molar-refractivity contribution in [3.05, 3.63) is 54.1 Å². The molecule has 0 bridgehead atoms. The zero-order valence-electron chi connectivity index (χ0n) is 19.1. The zero-order valence-corrected chi connectivity index (χ0v) is 19.1. The molecule has 176 valence electrons. The lowest BCUT2D eigenvalue weighted by atomic mass is 9.72. The van der Waals surface area contributed by atoms with E-state index < -0.39 is 29.8 Å². The molecule has 1 fully saturated rings. The van der Waals surface area contributed by atoms with Crippen LogP contribution in [0.1, 0.15) is 63.3 Å². The fourth-order valence-electron chi connectivity index (χ4n) is 4.63. The van der Waals surface area contributed by atoms with Gasteiger partial charge in [0.05, 0.1) is 6.54 Å². The van der Waals surface area contributed by atoms with Crippen LogP contribution in [-0.4, -0.2) is 28.2 Å². The van der Waals surface area contributed by atoms with Gasteiger partial charge in [-0.25, -0.2) is 22.7 Å². The summed E-state index contributed by atoms with van der Waals surface area (Å²) in [6.07, 6.45) is 7.28. The second-order valence-corrected chi connectivity index (χ2v) is 8.86. The van der Waals surface area contributed by atoms with Crippen LogP contribution in [0.2, 0.25) is 0 Å². The molecule has 0 saturated heterocycles. The molecule has 1 N–H and O–H groups in total. The maximum Gasteiger partial charge on any atom is 0.343 e. The van der Waals surface area contributed by atoms with Gasteiger partial charge in [-0.1, -0.05) is 43.7 Å². The Morgan fingerprint density at radius 1 is 1.31 bits per heavy atom. The Balaban J connectivity index is 1.69. The van der Waals surface area contributed by atoms with Crippen molar-refractivity contribution in [2.45, 2.75) is 83.4 Å². The minimum absolute atomic E-state index is 0.0571. The third-order valence-corrected chi connectivity index (χ3v) is 6.58. The molecule has 1 heterocycles. The zero-order chi connectivity index (χ0) is 23.2. The van der Waals surface area contributed by atoms with Crippen LogP contribution < -0.4 is 4.57 Å². The van der Waals surface area contributed by atoms with E-state index in [2.05, 4.69) is 11.5 Å². The molecule has 0 spiro atoms. The number of nitrogens with zero attached hydrogens (tertiary/aromatic N) is 2. The fraction of sp³-hybridized carbons (Fsp3) is 0.600. The third kappa shape index (κ3) is 5.55. The van der Waals surface area contributed by atoms with Gasteiger partial charge in [0, 0.05) is 25.7 Å². The van der Waals surface area contributed by atoms with Crippen LogP contribution in [-0.2, 0) is 28.2 Å². The number of rotatable bonds is 10. The van der Waals surface area contributed by atoms with Crippen molar-refractivity contribution >= 4 is 5.97 Å². The number of ether oxygens (including phenoxy) is 1. The number of alkyl halides is 2. The molecule has 3 rings (SSSR count). The highest BCUT2D eigenvalue weighted by molar-refractivity contribution is 5.81. The van der Waals surface area contributed by atoms with Crippen LogP contribution in [0.4, 0.5) is 8.78 Å². The molecule has 5 nitrogen and oxygen atoms in total. The van der Waals surface area contributed by atoms with Gasteiger partial charge in [-0.05, 0) is 31.2 Å². The molecule has 1 aliphatic rings. The predicted molar refractivity (Wildman–Crippen MR) is 117 cm³/mol. The van der Waals surface area contributed by atoms with Crippen LogP contribution in [0.5, 0.6) is 0 Å². The SMILES string of the molecule is CCCCC[n+]1ccn(CCOC(=O)[C@](O)(c2ccccc2)[C@H]2CCCC(F)(F)C2)c1C. The first-order valence-electron chi connectivity index (χ1n) is 11.7. The van der Waals surface area contributed by atoms with Crippen molar-refractivity contribution in [3.63, 3.8) is 0 Å². The first-order valence-corrected chi connectivity index (χ1v) is 11.7. The summed E-state index contributed by atoms with van der Waals surface area (Å²) in [6.45, 7) is 5.61. The van der Waals surface area contributed by atoms with E-state index in [1.807, 2.05) is 23.9 Å². The Morgan fingerprint density at radius 3 is 2.75 bits per heavy atom. The van der Waals surface area contributed by atoms with Crippen LogP contribution in [0.25, 0.3) is 0 Å². The number of aromatic nitrogens is 2. The minimum Gasteiger partial charge on any atom is -0.459 e. The fourth-order valence-corrected chi connectivity index (χ4v) is 4.63. The number of carbonyl (C=O) groups is 1. The number of halogens is 2. The third-order valence-electron chi connectivity index (χ3n) is 6.58. The molecule has 0 radical (unpaired) electrons. The summed E-state index contributed by atoms with van der Waals surface area (Å²) >= 11 is 0. The van der Waals surface area contributed by atoms with Crippen LogP contribution in [0, 0.1) is 12.8 Å². The molecular weight excluding hydrogens is 414 g/mol.